The fourth-order valence-electron chi connectivity index (χ4n) is 1.44. The van der Waals surface area contributed by atoms with Crippen LogP contribution in [0.1, 0.15) is 13.8 Å². The molecule has 0 spiro atoms. The van der Waals surface area contributed by atoms with Gasteiger partial charge in [-0.3, -0.25) is 4.98 Å². The average molecular weight is 175 g/mol. The minimum Gasteiger partial charge on any atom is -0.329 e. The molecule has 0 unspecified atom stereocenters. The Bertz CT molecular complexity index is 403. The molecule has 0 aromatic carbocycles. The number of pyridine rings is 1. The van der Waals surface area contributed by atoms with Gasteiger partial charge in [-0.2, -0.15) is 0 Å². The van der Waals surface area contributed by atoms with Crippen LogP contribution in [0.4, 0.5) is 0 Å². The van der Waals surface area contributed by atoms with Crippen LogP contribution in [0.25, 0.3) is 11.0 Å². The van der Waals surface area contributed by atoms with Gasteiger partial charge in [-0.1, -0.05) is 13.8 Å². The molecule has 0 atom stereocenters. The highest BCUT2D eigenvalue weighted by Crippen LogP contribution is 2.11. The molecule has 0 amide bonds. The molecule has 2 aromatic heterocycles. The van der Waals surface area contributed by atoms with Crippen molar-refractivity contribution in [1.82, 2.24) is 14.5 Å². The lowest BCUT2D eigenvalue weighted by atomic mass is 10.2. The molecule has 2 heterocycles. The Morgan fingerprint density at radius 2 is 2.31 bits per heavy atom. The molecule has 0 saturated heterocycles. The molecule has 2 aromatic rings. The molecule has 0 aliphatic heterocycles. The highest BCUT2D eigenvalue weighted by molar-refractivity contribution is 5.73. The van der Waals surface area contributed by atoms with Gasteiger partial charge in [0.25, 0.3) is 0 Å². The third-order valence-electron chi connectivity index (χ3n) is 1.99. The lowest BCUT2D eigenvalue weighted by Gasteiger charge is -2.05. The molecule has 0 aliphatic carbocycles. The standard InChI is InChI=1S/C10H13N3/c1-8(2)6-13-7-12-9-3-4-11-5-10(9)13/h3-5,7-8H,6H2,1-2H3. The van der Waals surface area contributed by atoms with Crippen molar-refractivity contribution in [2.45, 2.75) is 20.4 Å². The van der Waals surface area contributed by atoms with E-state index < -0.39 is 0 Å². The average Bonchev–Trinajstić information content (AvgIpc) is 2.48. The third-order valence-corrected chi connectivity index (χ3v) is 1.99. The Morgan fingerprint density at radius 3 is 3.08 bits per heavy atom. The molecular formula is C10H13N3. The molecule has 3 nitrogen and oxygen atoms in total. The number of fused-ring (bicyclic) bond motifs is 1. The maximum Gasteiger partial charge on any atom is 0.0958 e. The van der Waals surface area contributed by atoms with Crippen molar-refractivity contribution in [3.05, 3.63) is 24.8 Å². The van der Waals surface area contributed by atoms with Crippen molar-refractivity contribution in [1.29, 1.82) is 0 Å². The van der Waals surface area contributed by atoms with Crippen LogP contribution in [0, 0.1) is 5.92 Å². The maximum absolute atomic E-state index is 4.29. The van der Waals surface area contributed by atoms with Crippen LogP contribution >= 0.6 is 0 Å². The lowest BCUT2D eigenvalue weighted by Crippen LogP contribution is -2.02. The lowest BCUT2D eigenvalue weighted by molar-refractivity contribution is 0.532. The van der Waals surface area contributed by atoms with E-state index in [0.29, 0.717) is 5.92 Å². The van der Waals surface area contributed by atoms with Crippen LogP contribution in [-0.4, -0.2) is 14.5 Å². The predicted molar refractivity (Wildman–Crippen MR) is 52.4 cm³/mol. The topological polar surface area (TPSA) is 30.7 Å². The van der Waals surface area contributed by atoms with E-state index >= 15 is 0 Å². The molecular weight excluding hydrogens is 162 g/mol. The summed E-state index contributed by atoms with van der Waals surface area (Å²) >= 11 is 0. The molecule has 68 valence electrons. The van der Waals surface area contributed by atoms with Crippen LogP contribution in [0.5, 0.6) is 0 Å². The van der Waals surface area contributed by atoms with Crippen LogP contribution in [0.3, 0.4) is 0 Å². The van der Waals surface area contributed by atoms with Crippen molar-refractivity contribution >= 4 is 11.0 Å². The summed E-state index contributed by atoms with van der Waals surface area (Å²) in [5, 5.41) is 0. The summed E-state index contributed by atoms with van der Waals surface area (Å²) in [6.45, 7) is 5.40. The second-order valence-corrected chi connectivity index (χ2v) is 3.66. The van der Waals surface area contributed by atoms with Gasteiger partial charge in [0.1, 0.15) is 0 Å². The van der Waals surface area contributed by atoms with Gasteiger partial charge in [-0.25, -0.2) is 4.98 Å². The van der Waals surface area contributed by atoms with Crippen molar-refractivity contribution in [2.75, 3.05) is 0 Å². The maximum atomic E-state index is 4.29. The van der Waals surface area contributed by atoms with Crippen LogP contribution in [0.2, 0.25) is 0 Å². The van der Waals surface area contributed by atoms with Gasteiger partial charge in [0.15, 0.2) is 0 Å². The van der Waals surface area contributed by atoms with E-state index in [0.717, 1.165) is 17.6 Å². The summed E-state index contributed by atoms with van der Waals surface area (Å²) < 4.78 is 2.15. The monoisotopic (exact) mass is 175 g/mol. The second-order valence-electron chi connectivity index (χ2n) is 3.66. The zero-order chi connectivity index (χ0) is 9.26. The molecule has 0 bridgehead atoms. The van der Waals surface area contributed by atoms with Gasteiger partial charge in [-0.05, 0) is 12.0 Å². The van der Waals surface area contributed by atoms with Gasteiger partial charge >= 0.3 is 0 Å². The van der Waals surface area contributed by atoms with Gasteiger partial charge < -0.3 is 4.57 Å². The van der Waals surface area contributed by atoms with E-state index in [1.807, 2.05) is 18.6 Å². The highest BCUT2D eigenvalue weighted by Gasteiger charge is 2.02. The summed E-state index contributed by atoms with van der Waals surface area (Å²) in [6.07, 6.45) is 5.52. The molecule has 0 N–H and O–H groups in total. The largest absolute Gasteiger partial charge is 0.329 e. The van der Waals surface area contributed by atoms with Crippen molar-refractivity contribution in [3.63, 3.8) is 0 Å². The number of nitrogens with zero attached hydrogens (tertiary/aromatic N) is 3. The first kappa shape index (κ1) is 8.23. The quantitative estimate of drug-likeness (QED) is 0.699. The number of hydrogen-bond acceptors (Lipinski definition) is 2. The van der Waals surface area contributed by atoms with Crippen molar-refractivity contribution in [2.24, 2.45) is 5.92 Å². The van der Waals surface area contributed by atoms with E-state index in [4.69, 9.17) is 0 Å². The summed E-state index contributed by atoms with van der Waals surface area (Å²) in [5.74, 6) is 0.637. The van der Waals surface area contributed by atoms with Crippen LogP contribution in [0.15, 0.2) is 24.8 Å². The zero-order valence-corrected chi connectivity index (χ0v) is 7.94. The minimum absolute atomic E-state index is 0.637. The van der Waals surface area contributed by atoms with Crippen LogP contribution < -0.4 is 0 Å². The van der Waals surface area contributed by atoms with Crippen molar-refractivity contribution in [3.8, 4) is 0 Å². The Hall–Kier alpha value is -1.38. The molecule has 0 aliphatic rings. The van der Waals surface area contributed by atoms with E-state index in [-0.39, 0.29) is 0 Å². The SMILES string of the molecule is CC(C)Cn1cnc2ccncc21. The van der Waals surface area contributed by atoms with Crippen LogP contribution in [-0.2, 0) is 6.54 Å². The Kier molecular flexibility index (Phi) is 2.00. The van der Waals surface area contributed by atoms with Gasteiger partial charge in [0, 0.05) is 12.7 Å². The summed E-state index contributed by atoms with van der Waals surface area (Å²) in [6, 6.07) is 1.94. The number of hydrogen-bond donors (Lipinski definition) is 0. The first-order valence-electron chi connectivity index (χ1n) is 4.52. The number of aromatic nitrogens is 3. The van der Waals surface area contributed by atoms with Gasteiger partial charge in [-0.15, -0.1) is 0 Å². The second kappa shape index (κ2) is 3.17. The molecule has 0 radical (unpaired) electrons. The molecule has 0 fully saturated rings. The summed E-state index contributed by atoms with van der Waals surface area (Å²) in [7, 11) is 0. The summed E-state index contributed by atoms with van der Waals surface area (Å²) in [4.78, 5) is 8.39. The fraction of sp³-hybridized carbons (Fsp3) is 0.400. The van der Waals surface area contributed by atoms with Crippen molar-refractivity contribution < 1.29 is 0 Å². The smallest absolute Gasteiger partial charge is 0.0958 e. The fourth-order valence-corrected chi connectivity index (χ4v) is 1.44. The van der Waals surface area contributed by atoms with E-state index in [2.05, 4.69) is 28.4 Å². The first-order valence-corrected chi connectivity index (χ1v) is 4.52. The number of rotatable bonds is 2. The minimum atomic E-state index is 0.637. The predicted octanol–water partition coefficient (Wildman–Crippen LogP) is 2.09. The Labute approximate surface area is 77.4 Å². The molecule has 0 saturated carbocycles. The molecule has 3 heteroatoms. The highest BCUT2D eigenvalue weighted by atomic mass is 15.0. The number of imidazole rings is 1. The van der Waals surface area contributed by atoms with E-state index in [9.17, 15) is 0 Å². The van der Waals surface area contributed by atoms with Gasteiger partial charge in [0.2, 0.25) is 0 Å². The third kappa shape index (κ3) is 1.54. The molecule has 2 rings (SSSR count). The zero-order valence-electron chi connectivity index (χ0n) is 7.94. The summed E-state index contributed by atoms with van der Waals surface area (Å²) in [5.41, 5.74) is 2.15. The first-order chi connectivity index (χ1) is 6.27. The Balaban J connectivity index is 2.46. The normalized spacial score (nSPS) is 11.3. The van der Waals surface area contributed by atoms with E-state index in [1.165, 1.54) is 0 Å². The molecule has 13 heavy (non-hydrogen) atoms. The van der Waals surface area contributed by atoms with E-state index in [1.54, 1.807) is 6.20 Å². The Morgan fingerprint density at radius 1 is 1.46 bits per heavy atom. The van der Waals surface area contributed by atoms with Gasteiger partial charge in [0.05, 0.1) is 23.6 Å².